The van der Waals surface area contributed by atoms with Crippen LogP contribution in [0, 0.1) is 5.82 Å². The van der Waals surface area contributed by atoms with E-state index in [0.717, 1.165) is 6.07 Å². The summed E-state index contributed by atoms with van der Waals surface area (Å²) in [4.78, 5) is 17.9. The third kappa shape index (κ3) is 4.62. The largest absolute Gasteiger partial charge is 0.491 e. The number of rotatable bonds is 4. The Kier molecular flexibility index (Phi) is 6.19. The highest BCUT2D eigenvalue weighted by Gasteiger charge is 2.42. The zero-order chi connectivity index (χ0) is 23.0. The number of esters is 1. The molecule has 1 aliphatic rings. The SMILES string of the molecule is O=C(Oc1cc(Cl)cc2c1nc(N1CCNCC1)n2Cc1ccc(F)c(Cl)c1)C(F)(F)F. The molecule has 12 heteroatoms. The molecule has 32 heavy (non-hydrogen) atoms. The molecule has 1 saturated heterocycles. The van der Waals surface area contributed by atoms with Crippen LogP contribution in [0.25, 0.3) is 11.0 Å². The van der Waals surface area contributed by atoms with Gasteiger partial charge in [-0.1, -0.05) is 29.3 Å². The molecule has 0 aliphatic carbocycles. The van der Waals surface area contributed by atoms with Gasteiger partial charge in [-0.15, -0.1) is 0 Å². The van der Waals surface area contributed by atoms with Gasteiger partial charge in [0.15, 0.2) is 5.75 Å². The number of benzene rings is 2. The molecule has 0 saturated carbocycles. The van der Waals surface area contributed by atoms with Gasteiger partial charge < -0.3 is 19.5 Å². The summed E-state index contributed by atoms with van der Waals surface area (Å²) < 4.78 is 58.2. The van der Waals surface area contributed by atoms with Gasteiger partial charge in [-0.2, -0.15) is 13.2 Å². The highest BCUT2D eigenvalue weighted by atomic mass is 35.5. The number of aromatic nitrogens is 2. The third-order valence-corrected chi connectivity index (χ3v) is 5.43. The molecule has 4 rings (SSSR count). The first-order valence-corrected chi connectivity index (χ1v) is 10.3. The van der Waals surface area contributed by atoms with Crippen LogP contribution in [-0.4, -0.2) is 47.9 Å². The Labute approximate surface area is 189 Å². The molecule has 0 unspecified atom stereocenters. The second-order valence-corrected chi connectivity index (χ2v) is 7.99. The van der Waals surface area contributed by atoms with Gasteiger partial charge in [-0.25, -0.2) is 14.2 Å². The number of nitrogens with zero attached hydrogens (tertiary/aromatic N) is 3. The lowest BCUT2D eigenvalue weighted by molar-refractivity contribution is -0.189. The molecule has 3 aromatic rings. The molecule has 6 nitrogen and oxygen atoms in total. The smallest absolute Gasteiger partial charge is 0.417 e. The molecule has 1 N–H and O–H groups in total. The first kappa shape index (κ1) is 22.6. The number of alkyl halides is 3. The molecule has 0 spiro atoms. The summed E-state index contributed by atoms with van der Waals surface area (Å²) in [5.74, 6) is -2.89. The van der Waals surface area contributed by atoms with Crippen molar-refractivity contribution in [2.75, 3.05) is 31.1 Å². The average Bonchev–Trinajstić information content (AvgIpc) is 3.09. The van der Waals surface area contributed by atoms with Crippen LogP contribution < -0.4 is 15.0 Å². The van der Waals surface area contributed by atoms with Crippen LogP contribution >= 0.6 is 23.2 Å². The Balaban J connectivity index is 1.85. The van der Waals surface area contributed by atoms with E-state index in [4.69, 9.17) is 23.2 Å². The number of fused-ring (bicyclic) bond motifs is 1. The van der Waals surface area contributed by atoms with Crippen molar-refractivity contribution in [1.82, 2.24) is 14.9 Å². The first-order valence-electron chi connectivity index (χ1n) is 9.52. The highest BCUT2D eigenvalue weighted by molar-refractivity contribution is 6.31. The Morgan fingerprint density at radius 1 is 1.16 bits per heavy atom. The summed E-state index contributed by atoms with van der Waals surface area (Å²) in [5.41, 5.74) is 1.05. The Bertz CT molecular complexity index is 1180. The number of ether oxygens (including phenoxy) is 1. The van der Waals surface area contributed by atoms with E-state index in [1.165, 1.54) is 18.2 Å². The first-order chi connectivity index (χ1) is 15.1. The molecule has 0 radical (unpaired) electrons. The molecule has 2 heterocycles. The number of hydrogen-bond acceptors (Lipinski definition) is 5. The molecule has 0 amide bonds. The van der Waals surface area contributed by atoms with Gasteiger partial charge in [-0.05, 0) is 23.8 Å². The summed E-state index contributed by atoms with van der Waals surface area (Å²) >= 11 is 12.0. The van der Waals surface area contributed by atoms with Crippen LogP contribution in [0.1, 0.15) is 5.56 Å². The third-order valence-electron chi connectivity index (χ3n) is 4.92. The van der Waals surface area contributed by atoms with Crippen molar-refractivity contribution >= 4 is 46.2 Å². The van der Waals surface area contributed by atoms with E-state index in [1.807, 2.05) is 4.90 Å². The molecular weight excluding hydrogens is 475 g/mol. The molecule has 1 fully saturated rings. The van der Waals surface area contributed by atoms with Gasteiger partial charge in [0.1, 0.15) is 11.3 Å². The van der Waals surface area contributed by atoms with E-state index < -0.39 is 23.7 Å². The fourth-order valence-corrected chi connectivity index (χ4v) is 3.87. The molecular formula is C20H16Cl2F4N4O2. The number of carbonyl (C=O) groups excluding carboxylic acids is 1. The molecule has 2 aromatic carbocycles. The van der Waals surface area contributed by atoms with Crippen LogP contribution in [0.3, 0.4) is 0 Å². The predicted molar refractivity (Wildman–Crippen MR) is 112 cm³/mol. The predicted octanol–water partition coefficient (Wildman–Crippen LogP) is 4.41. The number of anilines is 1. The van der Waals surface area contributed by atoms with Crippen molar-refractivity contribution in [2.24, 2.45) is 0 Å². The van der Waals surface area contributed by atoms with Gasteiger partial charge in [0.25, 0.3) is 0 Å². The summed E-state index contributed by atoms with van der Waals surface area (Å²) in [6.45, 7) is 2.74. The van der Waals surface area contributed by atoms with Crippen molar-refractivity contribution in [3.05, 3.63) is 51.8 Å². The van der Waals surface area contributed by atoms with Crippen molar-refractivity contribution < 1.29 is 27.1 Å². The number of halogens is 6. The average molecular weight is 491 g/mol. The van der Waals surface area contributed by atoms with Gasteiger partial charge in [-0.3, -0.25) is 0 Å². The van der Waals surface area contributed by atoms with Crippen molar-refractivity contribution in [1.29, 1.82) is 0 Å². The quantitative estimate of drug-likeness (QED) is 0.333. The summed E-state index contributed by atoms with van der Waals surface area (Å²) in [6, 6.07) is 6.86. The minimum atomic E-state index is -5.18. The fourth-order valence-electron chi connectivity index (χ4n) is 3.46. The molecule has 170 valence electrons. The van der Waals surface area contributed by atoms with E-state index in [1.54, 1.807) is 10.6 Å². The molecule has 0 bridgehead atoms. The van der Waals surface area contributed by atoms with Crippen LogP contribution in [0.15, 0.2) is 30.3 Å². The number of imidazole rings is 1. The number of piperazine rings is 1. The lowest BCUT2D eigenvalue weighted by Gasteiger charge is -2.29. The van der Waals surface area contributed by atoms with Crippen LogP contribution in [0.5, 0.6) is 5.75 Å². The second kappa shape index (κ2) is 8.76. The zero-order valence-electron chi connectivity index (χ0n) is 16.3. The van der Waals surface area contributed by atoms with Crippen LogP contribution in [-0.2, 0) is 11.3 Å². The summed E-state index contributed by atoms with van der Waals surface area (Å²) in [5, 5.41) is 3.21. The van der Waals surface area contributed by atoms with Crippen molar-refractivity contribution in [2.45, 2.75) is 12.7 Å². The maximum atomic E-state index is 13.6. The van der Waals surface area contributed by atoms with Gasteiger partial charge in [0.2, 0.25) is 5.95 Å². The number of nitrogens with one attached hydrogen (secondary N) is 1. The normalized spacial score (nSPS) is 14.8. The molecule has 0 atom stereocenters. The monoisotopic (exact) mass is 490 g/mol. The molecule has 1 aliphatic heterocycles. The van der Waals surface area contributed by atoms with Gasteiger partial charge in [0, 0.05) is 37.3 Å². The number of hydrogen-bond donors (Lipinski definition) is 1. The minimum absolute atomic E-state index is 0.0498. The summed E-state index contributed by atoms with van der Waals surface area (Å²) in [6.07, 6.45) is -5.18. The zero-order valence-corrected chi connectivity index (χ0v) is 17.9. The highest BCUT2D eigenvalue weighted by Crippen LogP contribution is 2.35. The van der Waals surface area contributed by atoms with Gasteiger partial charge in [0.05, 0.1) is 17.1 Å². The fraction of sp³-hybridized carbons (Fsp3) is 0.300. The van der Waals surface area contributed by atoms with E-state index in [0.29, 0.717) is 43.2 Å². The topological polar surface area (TPSA) is 59.4 Å². The van der Waals surface area contributed by atoms with E-state index in [-0.39, 0.29) is 22.1 Å². The van der Waals surface area contributed by atoms with Gasteiger partial charge >= 0.3 is 12.1 Å². The molecule has 1 aromatic heterocycles. The maximum absolute atomic E-state index is 13.6. The summed E-state index contributed by atoms with van der Waals surface area (Å²) in [7, 11) is 0. The lowest BCUT2D eigenvalue weighted by Crippen LogP contribution is -2.44. The van der Waals surface area contributed by atoms with Crippen molar-refractivity contribution in [3.8, 4) is 5.75 Å². The standard InChI is InChI=1S/C20H16Cl2F4N4O2/c21-12-8-15-17(16(9-12)32-18(31)20(24,25)26)28-19(29-5-3-27-4-6-29)30(15)10-11-1-2-14(23)13(22)7-11/h1-2,7-9,27H,3-6,10H2. The second-order valence-electron chi connectivity index (χ2n) is 7.14. The van der Waals surface area contributed by atoms with Crippen LogP contribution in [0.2, 0.25) is 10.0 Å². The van der Waals surface area contributed by atoms with Crippen molar-refractivity contribution in [3.63, 3.8) is 0 Å². The van der Waals surface area contributed by atoms with E-state index in [9.17, 15) is 22.4 Å². The Morgan fingerprint density at radius 2 is 1.88 bits per heavy atom. The number of carbonyl (C=O) groups is 1. The lowest BCUT2D eigenvalue weighted by atomic mass is 10.2. The Morgan fingerprint density at radius 3 is 2.53 bits per heavy atom. The maximum Gasteiger partial charge on any atom is 0.491 e. The van der Waals surface area contributed by atoms with E-state index in [2.05, 4.69) is 15.0 Å². The van der Waals surface area contributed by atoms with E-state index >= 15 is 0 Å². The minimum Gasteiger partial charge on any atom is -0.417 e. The Hall–Kier alpha value is -2.56. The van der Waals surface area contributed by atoms with Crippen LogP contribution in [0.4, 0.5) is 23.5 Å².